The van der Waals surface area contributed by atoms with Gasteiger partial charge in [0.2, 0.25) is 0 Å². The standard InChI is InChI=1S/C10H10N4/c1-8-5-10(6-11)14(13-8)9-3-2-4-12-7-9/h2-4,7,10H,5H2,1H3. The zero-order valence-corrected chi connectivity index (χ0v) is 7.88. The highest BCUT2D eigenvalue weighted by Gasteiger charge is 2.25. The third kappa shape index (κ3) is 1.44. The van der Waals surface area contributed by atoms with Crippen LogP contribution >= 0.6 is 0 Å². The van der Waals surface area contributed by atoms with Gasteiger partial charge in [-0.25, -0.2) is 5.01 Å². The predicted molar refractivity (Wildman–Crippen MR) is 53.8 cm³/mol. The summed E-state index contributed by atoms with van der Waals surface area (Å²) in [5.41, 5.74) is 1.86. The number of hydrogen-bond acceptors (Lipinski definition) is 4. The molecule has 1 unspecified atom stereocenters. The van der Waals surface area contributed by atoms with Gasteiger partial charge >= 0.3 is 0 Å². The van der Waals surface area contributed by atoms with Crippen molar-refractivity contribution in [2.75, 3.05) is 5.01 Å². The molecule has 1 atom stereocenters. The second-order valence-electron chi connectivity index (χ2n) is 3.24. The molecule has 0 N–H and O–H groups in total. The van der Waals surface area contributed by atoms with E-state index < -0.39 is 0 Å². The summed E-state index contributed by atoms with van der Waals surface area (Å²) in [6, 6.07) is 5.79. The van der Waals surface area contributed by atoms with E-state index in [1.54, 1.807) is 17.4 Å². The Morgan fingerprint density at radius 1 is 1.64 bits per heavy atom. The third-order valence-electron chi connectivity index (χ3n) is 2.12. The van der Waals surface area contributed by atoms with E-state index in [1.807, 2.05) is 19.1 Å². The van der Waals surface area contributed by atoms with Crippen LogP contribution in [0.4, 0.5) is 5.69 Å². The summed E-state index contributed by atoms with van der Waals surface area (Å²) in [7, 11) is 0. The van der Waals surface area contributed by atoms with Crippen LogP contribution in [0.2, 0.25) is 0 Å². The molecule has 2 heterocycles. The SMILES string of the molecule is CC1=NN(c2cccnc2)C(C#N)C1. The molecule has 4 heteroatoms. The van der Waals surface area contributed by atoms with Crippen molar-refractivity contribution >= 4 is 11.4 Å². The van der Waals surface area contributed by atoms with Crippen LogP contribution < -0.4 is 5.01 Å². The van der Waals surface area contributed by atoms with Crippen molar-refractivity contribution in [1.29, 1.82) is 5.26 Å². The molecule has 1 aromatic heterocycles. The molecule has 0 aromatic carbocycles. The fourth-order valence-electron chi connectivity index (χ4n) is 1.49. The molecule has 14 heavy (non-hydrogen) atoms. The molecule has 2 rings (SSSR count). The molecule has 0 spiro atoms. The Balaban J connectivity index is 2.31. The van der Waals surface area contributed by atoms with Gasteiger partial charge in [0.1, 0.15) is 6.04 Å². The van der Waals surface area contributed by atoms with Gasteiger partial charge in [-0.05, 0) is 19.1 Å². The number of nitriles is 1. The topological polar surface area (TPSA) is 52.3 Å². The zero-order chi connectivity index (χ0) is 9.97. The first-order valence-corrected chi connectivity index (χ1v) is 4.44. The Bertz CT molecular complexity index is 390. The summed E-state index contributed by atoms with van der Waals surface area (Å²) < 4.78 is 0. The van der Waals surface area contributed by atoms with E-state index in [0.29, 0.717) is 6.42 Å². The molecule has 4 nitrogen and oxygen atoms in total. The van der Waals surface area contributed by atoms with Crippen LogP contribution in [-0.2, 0) is 0 Å². The Kier molecular flexibility index (Phi) is 2.15. The second kappa shape index (κ2) is 3.46. The van der Waals surface area contributed by atoms with E-state index >= 15 is 0 Å². The average molecular weight is 186 g/mol. The molecule has 0 radical (unpaired) electrons. The minimum absolute atomic E-state index is 0.181. The Morgan fingerprint density at radius 2 is 2.50 bits per heavy atom. The number of hydrogen-bond donors (Lipinski definition) is 0. The van der Waals surface area contributed by atoms with Gasteiger partial charge in [-0.3, -0.25) is 4.98 Å². The quantitative estimate of drug-likeness (QED) is 0.668. The van der Waals surface area contributed by atoms with Crippen molar-refractivity contribution in [2.45, 2.75) is 19.4 Å². The molecule has 1 aliphatic rings. The number of pyridine rings is 1. The molecule has 0 fully saturated rings. The maximum absolute atomic E-state index is 8.93. The summed E-state index contributed by atoms with van der Waals surface area (Å²) in [5, 5.41) is 15.0. The fourth-order valence-corrected chi connectivity index (χ4v) is 1.49. The summed E-state index contributed by atoms with van der Waals surface area (Å²) in [5.74, 6) is 0. The lowest BCUT2D eigenvalue weighted by Crippen LogP contribution is -2.24. The molecule has 0 aliphatic carbocycles. The molecule has 0 bridgehead atoms. The lowest BCUT2D eigenvalue weighted by Gasteiger charge is -2.16. The van der Waals surface area contributed by atoms with Crippen LogP contribution in [0, 0.1) is 11.3 Å². The molecule has 0 saturated carbocycles. The number of aromatic nitrogens is 1. The summed E-state index contributed by atoms with van der Waals surface area (Å²) in [6.07, 6.45) is 4.13. The predicted octanol–water partition coefficient (Wildman–Crippen LogP) is 1.56. The highest BCUT2D eigenvalue weighted by atomic mass is 15.5. The van der Waals surface area contributed by atoms with E-state index in [2.05, 4.69) is 16.2 Å². The van der Waals surface area contributed by atoms with Gasteiger partial charge in [0.05, 0.1) is 18.0 Å². The first-order chi connectivity index (χ1) is 6.81. The van der Waals surface area contributed by atoms with Crippen LogP contribution in [0.25, 0.3) is 0 Å². The van der Waals surface area contributed by atoms with Gasteiger partial charge in [0, 0.05) is 18.3 Å². The maximum Gasteiger partial charge on any atom is 0.144 e. The van der Waals surface area contributed by atoms with Crippen molar-refractivity contribution < 1.29 is 0 Å². The Labute approximate surface area is 82.5 Å². The lowest BCUT2D eigenvalue weighted by molar-refractivity contribution is 0.797. The van der Waals surface area contributed by atoms with E-state index in [9.17, 15) is 0 Å². The van der Waals surface area contributed by atoms with Gasteiger partial charge in [-0.15, -0.1) is 0 Å². The highest BCUT2D eigenvalue weighted by Crippen LogP contribution is 2.22. The van der Waals surface area contributed by atoms with Gasteiger partial charge in [0.15, 0.2) is 0 Å². The molecular weight excluding hydrogens is 176 g/mol. The van der Waals surface area contributed by atoms with Crippen LogP contribution in [0.15, 0.2) is 29.6 Å². The molecule has 1 aromatic rings. The number of hydrazone groups is 1. The average Bonchev–Trinajstić information content (AvgIpc) is 2.61. The highest BCUT2D eigenvalue weighted by molar-refractivity contribution is 5.87. The first-order valence-electron chi connectivity index (χ1n) is 4.44. The lowest BCUT2D eigenvalue weighted by atomic mass is 10.2. The number of rotatable bonds is 1. The van der Waals surface area contributed by atoms with Gasteiger partial charge in [-0.1, -0.05) is 0 Å². The van der Waals surface area contributed by atoms with Crippen molar-refractivity contribution in [1.82, 2.24) is 4.98 Å². The van der Waals surface area contributed by atoms with Gasteiger partial charge in [-0.2, -0.15) is 10.4 Å². The molecule has 70 valence electrons. The van der Waals surface area contributed by atoms with Crippen molar-refractivity contribution in [3.8, 4) is 6.07 Å². The van der Waals surface area contributed by atoms with Crippen LogP contribution in [0.5, 0.6) is 0 Å². The van der Waals surface area contributed by atoms with Crippen LogP contribution in [0.3, 0.4) is 0 Å². The smallest absolute Gasteiger partial charge is 0.144 e. The second-order valence-corrected chi connectivity index (χ2v) is 3.24. The molecule has 1 aliphatic heterocycles. The van der Waals surface area contributed by atoms with E-state index in [1.165, 1.54) is 0 Å². The van der Waals surface area contributed by atoms with Crippen LogP contribution in [-0.4, -0.2) is 16.7 Å². The monoisotopic (exact) mass is 186 g/mol. The number of nitrogens with zero attached hydrogens (tertiary/aromatic N) is 4. The minimum atomic E-state index is -0.181. The minimum Gasteiger partial charge on any atom is -0.262 e. The van der Waals surface area contributed by atoms with Crippen molar-refractivity contribution in [2.24, 2.45) is 5.10 Å². The summed E-state index contributed by atoms with van der Waals surface area (Å²) in [6.45, 7) is 1.93. The van der Waals surface area contributed by atoms with E-state index in [-0.39, 0.29) is 6.04 Å². The fraction of sp³-hybridized carbons (Fsp3) is 0.300. The first kappa shape index (κ1) is 8.70. The number of anilines is 1. The third-order valence-corrected chi connectivity index (χ3v) is 2.12. The summed E-state index contributed by atoms with van der Waals surface area (Å²) >= 11 is 0. The van der Waals surface area contributed by atoms with E-state index in [0.717, 1.165) is 11.4 Å². The Hall–Kier alpha value is -1.89. The molecular formula is C10H10N4. The molecule has 0 saturated heterocycles. The zero-order valence-electron chi connectivity index (χ0n) is 7.88. The van der Waals surface area contributed by atoms with Crippen LogP contribution in [0.1, 0.15) is 13.3 Å². The van der Waals surface area contributed by atoms with Gasteiger partial charge in [0.25, 0.3) is 0 Å². The largest absolute Gasteiger partial charge is 0.262 e. The van der Waals surface area contributed by atoms with E-state index in [4.69, 9.17) is 5.26 Å². The Morgan fingerprint density at radius 3 is 3.14 bits per heavy atom. The van der Waals surface area contributed by atoms with Crippen molar-refractivity contribution in [3.05, 3.63) is 24.5 Å². The summed E-state index contributed by atoms with van der Waals surface area (Å²) in [4.78, 5) is 4.00. The molecule has 0 amide bonds. The normalized spacial score (nSPS) is 20.4. The van der Waals surface area contributed by atoms with Gasteiger partial charge < -0.3 is 0 Å². The maximum atomic E-state index is 8.93. The van der Waals surface area contributed by atoms with Crippen molar-refractivity contribution in [3.63, 3.8) is 0 Å².